The van der Waals surface area contributed by atoms with Crippen molar-refractivity contribution in [3.63, 3.8) is 0 Å². The number of nitrogens with zero attached hydrogens (tertiary/aromatic N) is 2. The van der Waals surface area contributed by atoms with Crippen molar-refractivity contribution in [2.75, 3.05) is 5.32 Å². The standard InChI is InChI=1S/C12H13ClFN3/c1-2-17-8-15-6-10(17)7-16-12-4-3-9(13)5-11(12)14/h3-6,8,16H,2,7H2,1H3. The Labute approximate surface area is 104 Å². The Morgan fingerprint density at radius 2 is 2.29 bits per heavy atom. The zero-order chi connectivity index (χ0) is 12.3. The van der Waals surface area contributed by atoms with Gasteiger partial charge in [0.1, 0.15) is 5.82 Å². The minimum Gasteiger partial charge on any atom is -0.377 e. The largest absolute Gasteiger partial charge is 0.377 e. The first-order chi connectivity index (χ1) is 8.20. The maximum Gasteiger partial charge on any atom is 0.147 e. The van der Waals surface area contributed by atoms with E-state index in [4.69, 9.17) is 11.6 Å². The topological polar surface area (TPSA) is 29.9 Å². The van der Waals surface area contributed by atoms with Crippen molar-refractivity contribution in [1.82, 2.24) is 9.55 Å². The first-order valence-electron chi connectivity index (χ1n) is 5.38. The molecule has 0 aliphatic carbocycles. The molecule has 0 unspecified atom stereocenters. The molecule has 2 rings (SSSR count). The Hall–Kier alpha value is -1.55. The van der Waals surface area contributed by atoms with Crippen LogP contribution in [-0.4, -0.2) is 9.55 Å². The predicted octanol–water partition coefficient (Wildman–Crippen LogP) is 3.31. The van der Waals surface area contributed by atoms with Crippen LogP contribution in [0.5, 0.6) is 0 Å². The highest BCUT2D eigenvalue weighted by molar-refractivity contribution is 6.30. The van der Waals surface area contributed by atoms with E-state index in [9.17, 15) is 4.39 Å². The molecule has 5 heteroatoms. The average molecular weight is 254 g/mol. The highest BCUT2D eigenvalue weighted by Crippen LogP contribution is 2.19. The molecule has 3 nitrogen and oxygen atoms in total. The highest BCUT2D eigenvalue weighted by Gasteiger charge is 2.04. The molecule has 1 N–H and O–H groups in total. The summed E-state index contributed by atoms with van der Waals surface area (Å²) in [5, 5.41) is 3.42. The lowest BCUT2D eigenvalue weighted by Crippen LogP contribution is -2.06. The molecule has 0 radical (unpaired) electrons. The Balaban J connectivity index is 2.07. The average Bonchev–Trinajstić information content (AvgIpc) is 2.75. The van der Waals surface area contributed by atoms with Crippen LogP contribution in [0.1, 0.15) is 12.6 Å². The number of aryl methyl sites for hydroxylation is 1. The quantitative estimate of drug-likeness (QED) is 0.906. The number of hydrogen-bond acceptors (Lipinski definition) is 2. The smallest absolute Gasteiger partial charge is 0.147 e. The molecule has 0 bridgehead atoms. The number of aromatic nitrogens is 2. The van der Waals surface area contributed by atoms with E-state index in [0.29, 0.717) is 17.3 Å². The number of rotatable bonds is 4. The summed E-state index contributed by atoms with van der Waals surface area (Å²) in [6, 6.07) is 4.58. The van der Waals surface area contributed by atoms with Crippen LogP contribution in [0.4, 0.5) is 10.1 Å². The van der Waals surface area contributed by atoms with Gasteiger partial charge in [-0.2, -0.15) is 0 Å². The summed E-state index contributed by atoms with van der Waals surface area (Å²) in [7, 11) is 0. The molecule has 0 amide bonds. The third kappa shape index (κ3) is 2.77. The van der Waals surface area contributed by atoms with Gasteiger partial charge in [-0.15, -0.1) is 0 Å². The van der Waals surface area contributed by atoms with Crippen molar-refractivity contribution in [2.24, 2.45) is 0 Å². The maximum absolute atomic E-state index is 13.5. The molecule has 1 heterocycles. The Morgan fingerprint density at radius 1 is 1.47 bits per heavy atom. The van der Waals surface area contributed by atoms with Gasteiger partial charge in [0.25, 0.3) is 0 Å². The van der Waals surface area contributed by atoms with Gasteiger partial charge < -0.3 is 9.88 Å². The summed E-state index contributed by atoms with van der Waals surface area (Å²) in [5.41, 5.74) is 1.46. The zero-order valence-electron chi connectivity index (χ0n) is 9.45. The summed E-state index contributed by atoms with van der Waals surface area (Å²) in [5.74, 6) is -0.347. The van der Waals surface area contributed by atoms with Crippen LogP contribution in [0, 0.1) is 5.82 Å². The third-order valence-electron chi connectivity index (χ3n) is 2.53. The van der Waals surface area contributed by atoms with Crippen molar-refractivity contribution in [2.45, 2.75) is 20.0 Å². The summed E-state index contributed by atoms with van der Waals surface area (Å²) < 4.78 is 15.5. The minimum absolute atomic E-state index is 0.347. The lowest BCUT2D eigenvalue weighted by atomic mass is 10.3. The fourth-order valence-electron chi connectivity index (χ4n) is 1.60. The first kappa shape index (κ1) is 11.9. The second-order valence-electron chi connectivity index (χ2n) is 3.65. The van der Waals surface area contributed by atoms with Crippen LogP contribution in [0.2, 0.25) is 5.02 Å². The molecular formula is C12H13ClFN3. The number of nitrogens with one attached hydrogen (secondary N) is 1. The third-order valence-corrected chi connectivity index (χ3v) is 2.77. The van der Waals surface area contributed by atoms with Gasteiger partial charge >= 0.3 is 0 Å². The van der Waals surface area contributed by atoms with Gasteiger partial charge in [0, 0.05) is 17.8 Å². The van der Waals surface area contributed by atoms with Crippen LogP contribution >= 0.6 is 11.6 Å². The van der Waals surface area contributed by atoms with Gasteiger partial charge in [0.2, 0.25) is 0 Å². The molecule has 0 saturated carbocycles. The van der Waals surface area contributed by atoms with E-state index in [1.165, 1.54) is 6.07 Å². The monoisotopic (exact) mass is 253 g/mol. The lowest BCUT2D eigenvalue weighted by molar-refractivity contribution is 0.629. The Bertz CT molecular complexity index is 510. The summed E-state index contributed by atoms with van der Waals surface area (Å²) in [6.07, 6.45) is 3.53. The Kier molecular flexibility index (Phi) is 3.64. The van der Waals surface area contributed by atoms with Crippen molar-refractivity contribution in [1.29, 1.82) is 0 Å². The molecule has 2 aromatic rings. The van der Waals surface area contributed by atoms with Crippen molar-refractivity contribution in [3.05, 3.63) is 47.3 Å². The molecule has 1 aromatic heterocycles. The predicted molar refractivity (Wildman–Crippen MR) is 66.6 cm³/mol. The zero-order valence-corrected chi connectivity index (χ0v) is 10.2. The van der Waals surface area contributed by atoms with Crippen molar-refractivity contribution in [3.8, 4) is 0 Å². The maximum atomic E-state index is 13.5. The molecule has 0 spiro atoms. The van der Waals surface area contributed by atoms with E-state index in [2.05, 4.69) is 10.3 Å². The van der Waals surface area contributed by atoms with E-state index < -0.39 is 0 Å². The highest BCUT2D eigenvalue weighted by atomic mass is 35.5. The fraction of sp³-hybridized carbons (Fsp3) is 0.250. The van der Waals surface area contributed by atoms with E-state index >= 15 is 0 Å². The van der Waals surface area contributed by atoms with Crippen molar-refractivity contribution >= 4 is 17.3 Å². The first-order valence-corrected chi connectivity index (χ1v) is 5.76. The summed E-state index contributed by atoms with van der Waals surface area (Å²) in [4.78, 5) is 4.05. The number of hydrogen-bond donors (Lipinski definition) is 1. The van der Waals surface area contributed by atoms with Gasteiger partial charge in [-0.25, -0.2) is 9.37 Å². The fourth-order valence-corrected chi connectivity index (χ4v) is 1.76. The minimum atomic E-state index is -0.347. The molecule has 17 heavy (non-hydrogen) atoms. The van der Waals surface area contributed by atoms with E-state index in [0.717, 1.165) is 12.2 Å². The van der Waals surface area contributed by atoms with Crippen molar-refractivity contribution < 1.29 is 4.39 Å². The molecule has 0 fully saturated rings. The van der Waals surface area contributed by atoms with Crippen LogP contribution in [0.3, 0.4) is 0 Å². The van der Waals surface area contributed by atoms with E-state index in [1.807, 2.05) is 11.5 Å². The van der Waals surface area contributed by atoms with E-state index in [-0.39, 0.29) is 5.82 Å². The lowest BCUT2D eigenvalue weighted by Gasteiger charge is -2.09. The van der Waals surface area contributed by atoms with Gasteiger partial charge in [0.05, 0.1) is 24.3 Å². The number of halogens is 2. The van der Waals surface area contributed by atoms with Crippen LogP contribution in [-0.2, 0) is 13.1 Å². The van der Waals surface area contributed by atoms with Gasteiger partial charge in [0.15, 0.2) is 0 Å². The van der Waals surface area contributed by atoms with E-state index in [1.54, 1.807) is 24.7 Å². The molecule has 1 aromatic carbocycles. The molecular weight excluding hydrogens is 241 g/mol. The Morgan fingerprint density at radius 3 is 3.00 bits per heavy atom. The van der Waals surface area contributed by atoms with Crippen LogP contribution < -0.4 is 5.32 Å². The molecule has 0 aliphatic heterocycles. The number of anilines is 1. The molecule has 0 saturated heterocycles. The summed E-state index contributed by atoms with van der Waals surface area (Å²) >= 11 is 5.68. The molecule has 0 atom stereocenters. The normalized spacial score (nSPS) is 10.5. The van der Waals surface area contributed by atoms with Gasteiger partial charge in [-0.05, 0) is 25.1 Å². The van der Waals surface area contributed by atoms with Crippen LogP contribution in [0.25, 0.3) is 0 Å². The van der Waals surface area contributed by atoms with Gasteiger partial charge in [-0.3, -0.25) is 0 Å². The second kappa shape index (κ2) is 5.19. The van der Waals surface area contributed by atoms with Gasteiger partial charge in [-0.1, -0.05) is 11.6 Å². The molecule has 0 aliphatic rings. The number of benzene rings is 1. The summed E-state index contributed by atoms with van der Waals surface area (Å²) in [6.45, 7) is 3.42. The molecule has 90 valence electrons. The second-order valence-corrected chi connectivity index (χ2v) is 4.09. The SMILES string of the molecule is CCn1cncc1CNc1ccc(Cl)cc1F. The van der Waals surface area contributed by atoms with Crippen LogP contribution in [0.15, 0.2) is 30.7 Å². The number of imidazole rings is 1.